The third-order valence-electron chi connectivity index (χ3n) is 6.39. The summed E-state index contributed by atoms with van der Waals surface area (Å²) in [5.74, 6) is -0.817. The van der Waals surface area contributed by atoms with E-state index in [1.165, 1.54) is 0 Å². The second-order valence-electron chi connectivity index (χ2n) is 8.47. The number of fused-ring (bicyclic) bond motifs is 2. The van der Waals surface area contributed by atoms with Crippen molar-refractivity contribution in [2.45, 2.75) is 25.5 Å². The average molecular weight is 456 g/mol. The monoisotopic (exact) mass is 455 g/mol. The highest BCUT2D eigenvalue weighted by atomic mass is 35.5. The number of amides is 1. The Hall–Kier alpha value is -3.47. The molecule has 0 saturated heterocycles. The molecule has 4 aromatic carbocycles. The van der Waals surface area contributed by atoms with Crippen molar-refractivity contribution in [3.05, 3.63) is 112 Å². The predicted octanol–water partition coefficient (Wildman–Crippen LogP) is 5.81. The number of nitrogens with zero attached hydrogens (tertiary/aromatic N) is 1. The van der Waals surface area contributed by atoms with Gasteiger partial charge in [0.2, 0.25) is 0 Å². The number of rotatable bonds is 5. The van der Waals surface area contributed by atoms with Crippen LogP contribution in [-0.2, 0) is 16.9 Å². The van der Waals surface area contributed by atoms with Crippen molar-refractivity contribution in [2.24, 2.45) is 0 Å². The molecule has 5 heteroatoms. The van der Waals surface area contributed by atoms with Gasteiger partial charge in [-0.1, -0.05) is 78.3 Å². The standard InChI is InChI=1S/C28H22ClNO3/c1-18-7-2-3-9-20(18)17-30-25-14-13-21(29)15-24(25)28(33,27(30)32)16-26(31)23-12-6-10-19-8-4-5-11-22(19)23/h2-15,33H,16-17H2,1H3/t28-/m1/s1. The van der Waals surface area contributed by atoms with Crippen LogP contribution in [0.15, 0.2) is 84.9 Å². The van der Waals surface area contributed by atoms with E-state index in [0.29, 0.717) is 28.4 Å². The first kappa shape index (κ1) is 21.4. The molecule has 1 N–H and O–H groups in total. The smallest absolute Gasteiger partial charge is 0.264 e. The van der Waals surface area contributed by atoms with E-state index in [0.717, 1.165) is 21.9 Å². The minimum Gasteiger partial charge on any atom is -0.375 e. The number of anilines is 1. The number of Topliss-reactive ketones (excluding diaryl/α,β-unsaturated/α-hetero) is 1. The molecule has 0 aliphatic carbocycles. The topological polar surface area (TPSA) is 57.6 Å². The van der Waals surface area contributed by atoms with Crippen molar-refractivity contribution in [1.29, 1.82) is 0 Å². The summed E-state index contributed by atoms with van der Waals surface area (Å²) in [6.07, 6.45) is -0.364. The molecule has 0 radical (unpaired) electrons. The molecule has 0 fully saturated rings. The molecule has 1 amide bonds. The minimum absolute atomic E-state index is 0.297. The fourth-order valence-corrected chi connectivity index (χ4v) is 4.78. The summed E-state index contributed by atoms with van der Waals surface area (Å²) in [6, 6.07) is 25.9. The maximum Gasteiger partial charge on any atom is 0.264 e. The van der Waals surface area contributed by atoms with E-state index in [9.17, 15) is 14.7 Å². The highest BCUT2D eigenvalue weighted by Crippen LogP contribution is 2.45. The number of hydrogen-bond acceptors (Lipinski definition) is 3. The molecule has 0 spiro atoms. The van der Waals surface area contributed by atoms with Gasteiger partial charge in [-0.3, -0.25) is 9.59 Å². The molecule has 4 aromatic rings. The van der Waals surface area contributed by atoms with E-state index in [2.05, 4.69) is 0 Å². The van der Waals surface area contributed by atoms with Gasteiger partial charge in [0.15, 0.2) is 11.4 Å². The number of hydrogen-bond donors (Lipinski definition) is 1. The van der Waals surface area contributed by atoms with Crippen molar-refractivity contribution in [3.8, 4) is 0 Å². The summed E-state index contributed by atoms with van der Waals surface area (Å²) in [4.78, 5) is 28.6. The van der Waals surface area contributed by atoms with Crippen LogP contribution in [-0.4, -0.2) is 16.8 Å². The van der Waals surface area contributed by atoms with Crippen LogP contribution in [0.2, 0.25) is 5.02 Å². The maximum absolute atomic E-state index is 13.6. The van der Waals surface area contributed by atoms with Crippen molar-refractivity contribution in [1.82, 2.24) is 0 Å². The Kier molecular flexibility index (Phi) is 5.28. The molecular formula is C28H22ClNO3. The first-order valence-electron chi connectivity index (χ1n) is 10.8. The molecule has 4 nitrogen and oxygen atoms in total. The molecule has 33 heavy (non-hydrogen) atoms. The van der Waals surface area contributed by atoms with Crippen molar-refractivity contribution in [2.75, 3.05) is 4.90 Å². The lowest BCUT2D eigenvalue weighted by molar-refractivity contribution is -0.136. The SMILES string of the molecule is Cc1ccccc1CN1C(=O)[C@@](O)(CC(=O)c2cccc3ccccc23)c2cc(Cl)ccc21. The highest BCUT2D eigenvalue weighted by molar-refractivity contribution is 6.31. The van der Waals surface area contributed by atoms with E-state index < -0.39 is 11.5 Å². The van der Waals surface area contributed by atoms with Crippen LogP contribution in [0.25, 0.3) is 10.8 Å². The average Bonchev–Trinajstić information content (AvgIpc) is 3.01. The van der Waals surface area contributed by atoms with Gasteiger partial charge in [-0.05, 0) is 47.0 Å². The molecular weight excluding hydrogens is 434 g/mol. The second-order valence-corrected chi connectivity index (χ2v) is 8.90. The number of benzene rings is 4. The number of carbonyl (C=O) groups excluding carboxylic acids is 2. The van der Waals surface area contributed by atoms with Gasteiger partial charge < -0.3 is 10.0 Å². The van der Waals surface area contributed by atoms with Crippen molar-refractivity contribution < 1.29 is 14.7 Å². The molecule has 0 aromatic heterocycles. The summed E-state index contributed by atoms with van der Waals surface area (Å²) < 4.78 is 0. The van der Waals surface area contributed by atoms with Crippen LogP contribution in [0, 0.1) is 6.92 Å². The molecule has 1 heterocycles. The molecule has 164 valence electrons. The quantitative estimate of drug-likeness (QED) is 0.386. The van der Waals surface area contributed by atoms with Gasteiger partial charge >= 0.3 is 0 Å². The number of carbonyl (C=O) groups is 2. The van der Waals surface area contributed by atoms with Crippen LogP contribution < -0.4 is 4.90 Å². The Morgan fingerprint density at radius 2 is 1.70 bits per heavy atom. The lowest BCUT2D eigenvalue weighted by Crippen LogP contribution is -2.41. The summed E-state index contributed by atoms with van der Waals surface area (Å²) in [7, 11) is 0. The number of ketones is 1. The molecule has 0 saturated carbocycles. The van der Waals surface area contributed by atoms with Crippen molar-refractivity contribution >= 4 is 39.8 Å². The summed E-state index contributed by atoms with van der Waals surface area (Å²) in [5, 5.41) is 13.8. The second kappa shape index (κ2) is 8.14. The van der Waals surface area contributed by atoms with Crippen LogP contribution >= 0.6 is 11.6 Å². The molecule has 1 aliphatic heterocycles. The number of halogens is 1. The molecule has 0 bridgehead atoms. The zero-order valence-electron chi connectivity index (χ0n) is 18.1. The van der Waals surface area contributed by atoms with E-state index in [1.807, 2.05) is 67.6 Å². The zero-order chi connectivity index (χ0) is 23.2. The normalized spacial score (nSPS) is 17.4. The first-order chi connectivity index (χ1) is 15.9. The predicted molar refractivity (Wildman–Crippen MR) is 131 cm³/mol. The van der Waals surface area contributed by atoms with Gasteiger partial charge in [-0.25, -0.2) is 0 Å². The minimum atomic E-state index is -1.99. The Morgan fingerprint density at radius 1 is 0.970 bits per heavy atom. The van der Waals surface area contributed by atoms with Gasteiger partial charge in [-0.2, -0.15) is 0 Å². The molecule has 1 aliphatic rings. The van der Waals surface area contributed by atoms with E-state index in [-0.39, 0.29) is 12.2 Å². The Labute approximate surface area is 197 Å². The number of aliphatic hydroxyl groups is 1. The van der Waals surface area contributed by atoms with Crippen molar-refractivity contribution in [3.63, 3.8) is 0 Å². The third-order valence-corrected chi connectivity index (χ3v) is 6.63. The van der Waals surface area contributed by atoms with Crippen LogP contribution in [0.5, 0.6) is 0 Å². The third kappa shape index (κ3) is 3.62. The van der Waals surface area contributed by atoms with Gasteiger partial charge in [0.25, 0.3) is 5.91 Å². The van der Waals surface area contributed by atoms with Gasteiger partial charge in [0.1, 0.15) is 0 Å². The number of aryl methyl sites for hydroxylation is 1. The fourth-order valence-electron chi connectivity index (χ4n) is 4.60. The first-order valence-corrected chi connectivity index (χ1v) is 11.2. The molecule has 0 unspecified atom stereocenters. The van der Waals surface area contributed by atoms with Gasteiger partial charge in [-0.15, -0.1) is 0 Å². The van der Waals surface area contributed by atoms with Crippen LogP contribution in [0.1, 0.15) is 33.5 Å². The van der Waals surface area contributed by atoms with E-state index in [1.54, 1.807) is 29.2 Å². The van der Waals surface area contributed by atoms with Gasteiger partial charge in [0.05, 0.1) is 18.7 Å². The van der Waals surface area contributed by atoms with Crippen LogP contribution in [0.4, 0.5) is 5.69 Å². The largest absolute Gasteiger partial charge is 0.375 e. The molecule has 1 atom stereocenters. The fraction of sp³-hybridized carbons (Fsp3) is 0.143. The summed E-state index contributed by atoms with van der Waals surface area (Å²) in [6.45, 7) is 2.28. The van der Waals surface area contributed by atoms with Crippen LogP contribution in [0.3, 0.4) is 0 Å². The maximum atomic E-state index is 13.6. The molecule has 5 rings (SSSR count). The summed E-state index contributed by atoms with van der Waals surface area (Å²) in [5.41, 5.74) is 1.44. The van der Waals surface area contributed by atoms with E-state index in [4.69, 9.17) is 11.6 Å². The highest BCUT2D eigenvalue weighted by Gasteiger charge is 2.51. The Balaban J connectivity index is 1.55. The van der Waals surface area contributed by atoms with E-state index >= 15 is 0 Å². The Bertz CT molecular complexity index is 1410. The Morgan fingerprint density at radius 3 is 2.52 bits per heavy atom. The summed E-state index contributed by atoms with van der Waals surface area (Å²) >= 11 is 6.24. The lowest BCUT2D eigenvalue weighted by Gasteiger charge is -2.23. The lowest BCUT2D eigenvalue weighted by atomic mass is 9.87. The zero-order valence-corrected chi connectivity index (χ0v) is 18.8. The van der Waals surface area contributed by atoms with Gasteiger partial charge in [0, 0.05) is 16.1 Å².